The van der Waals surface area contributed by atoms with Crippen LogP contribution in [-0.2, 0) is 9.59 Å². The van der Waals surface area contributed by atoms with Gasteiger partial charge >= 0.3 is 0 Å². The molecule has 0 unspecified atom stereocenters. The molecule has 0 bridgehead atoms. The minimum Gasteiger partial charge on any atom is -0.496 e. The van der Waals surface area contributed by atoms with Crippen LogP contribution in [0.5, 0.6) is 5.75 Å². The lowest BCUT2D eigenvalue weighted by atomic mass is 9.82. The summed E-state index contributed by atoms with van der Waals surface area (Å²) in [5, 5.41) is 3.05. The number of carbonyl (C=O) groups excluding carboxylic acids is 2. The number of carbonyl (C=O) groups is 2. The third-order valence-corrected chi connectivity index (χ3v) is 6.02. The van der Waals surface area contributed by atoms with E-state index in [-0.39, 0.29) is 11.8 Å². The van der Waals surface area contributed by atoms with Gasteiger partial charge < -0.3 is 15.0 Å². The number of piperidine rings is 1. The lowest BCUT2D eigenvalue weighted by Gasteiger charge is -2.41. The van der Waals surface area contributed by atoms with Crippen molar-refractivity contribution in [1.29, 1.82) is 0 Å². The highest BCUT2D eigenvalue weighted by Gasteiger charge is 2.42. The van der Waals surface area contributed by atoms with Crippen molar-refractivity contribution >= 4 is 23.2 Å². The third-order valence-electron chi connectivity index (χ3n) is 6.02. The Bertz CT molecular complexity index is 1110. The molecule has 1 aliphatic heterocycles. The van der Waals surface area contributed by atoms with Gasteiger partial charge in [-0.2, -0.15) is 0 Å². The predicted molar refractivity (Wildman–Crippen MR) is 127 cm³/mol. The lowest BCUT2D eigenvalue weighted by Crippen LogP contribution is -2.47. The first-order valence-electron chi connectivity index (χ1n) is 10.9. The zero-order valence-corrected chi connectivity index (χ0v) is 18.7. The fraction of sp³-hybridized carbons (Fsp3) is 0.259. The van der Waals surface area contributed by atoms with Gasteiger partial charge in [0, 0.05) is 23.4 Å². The van der Waals surface area contributed by atoms with E-state index in [1.165, 1.54) is 0 Å². The van der Waals surface area contributed by atoms with Crippen LogP contribution in [0.3, 0.4) is 0 Å². The molecule has 0 saturated carbocycles. The highest BCUT2D eigenvalue weighted by molar-refractivity contribution is 6.00. The zero-order chi connectivity index (χ0) is 22.7. The van der Waals surface area contributed by atoms with Crippen molar-refractivity contribution in [2.75, 3.05) is 17.3 Å². The molecule has 4 rings (SSSR count). The number of nitrogens with one attached hydrogen (secondary N) is 1. The molecule has 5 nitrogen and oxygen atoms in total. The normalized spacial score (nSPS) is 18.3. The van der Waals surface area contributed by atoms with Gasteiger partial charge in [0.15, 0.2) is 0 Å². The number of amides is 2. The second kappa shape index (κ2) is 9.27. The van der Waals surface area contributed by atoms with Crippen molar-refractivity contribution < 1.29 is 14.3 Å². The van der Waals surface area contributed by atoms with Gasteiger partial charge in [0.25, 0.3) is 0 Å². The number of aryl methyl sites for hydroxylation is 2. The smallest absolute Gasteiger partial charge is 0.229 e. The maximum absolute atomic E-state index is 13.5. The van der Waals surface area contributed by atoms with Crippen molar-refractivity contribution in [3.05, 3.63) is 89.5 Å². The monoisotopic (exact) mass is 428 g/mol. The van der Waals surface area contributed by atoms with E-state index in [4.69, 9.17) is 4.74 Å². The Hall–Kier alpha value is -3.60. The number of rotatable bonds is 5. The molecule has 0 aromatic heterocycles. The van der Waals surface area contributed by atoms with E-state index in [1.54, 1.807) is 12.0 Å². The molecular formula is C27H28N2O3. The summed E-state index contributed by atoms with van der Waals surface area (Å²) in [4.78, 5) is 28.4. The number of para-hydroxylation sites is 1. The number of ether oxygens (including phenoxy) is 1. The van der Waals surface area contributed by atoms with Gasteiger partial charge in [0.1, 0.15) is 5.75 Å². The van der Waals surface area contributed by atoms with Crippen LogP contribution in [0.15, 0.2) is 72.8 Å². The standard InChI is InChI=1S/C27H28N2O3/c1-18-8-12-20(13-9-18)28-27(31)23-16-17-25(30)29(21-14-10-19(2)11-15-21)26(23)22-6-4-5-7-24(22)32-3/h4-15,23,26H,16-17H2,1-3H3,(H,28,31)/t23-,26-/m0/s1. The van der Waals surface area contributed by atoms with Gasteiger partial charge in [0.2, 0.25) is 11.8 Å². The molecule has 2 atom stereocenters. The fourth-order valence-electron chi connectivity index (χ4n) is 4.32. The molecule has 1 heterocycles. The summed E-state index contributed by atoms with van der Waals surface area (Å²) < 4.78 is 5.63. The van der Waals surface area contributed by atoms with E-state index < -0.39 is 12.0 Å². The molecule has 1 saturated heterocycles. The van der Waals surface area contributed by atoms with Crippen LogP contribution in [-0.4, -0.2) is 18.9 Å². The van der Waals surface area contributed by atoms with Crippen LogP contribution in [0.2, 0.25) is 0 Å². The fourth-order valence-corrected chi connectivity index (χ4v) is 4.32. The van der Waals surface area contributed by atoms with Crippen LogP contribution in [0.25, 0.3) is 0 Å². The van der Waals surface area contributed by atoms with Crippen LogP contribution in [0.1, 0.15) is 35.6 Å². The van der Waals surface area contributed by atoms with Gasteiger partial charge in [-0.15, -0.1) is 0 Å². The van der Waals surface area contributed by atoms with Gasteiger partial charge in [0.05, 0.1) is 19.1 Å². The number of anilines is 2. The van der Waals surface area contributed by atoms with Crippen molar-refractivity contribution in [2.24, 2.45) is 5.92 Å². The summed E-state index contributed by atoms with van der Waals surface area (Å²) in [5.41, 5.74) is 4.60. The van der Waals surface area contributed by atoms with Crippen LogP contribution < -0.4 is 15.0 Å². The van der Waals surface area contributed by atoms with Crippen molar-refractivity contribution in [3.63, 3.8) is 0 Å². The average molecular weight is 429 g/mol. The van der Waals surface area contributed by atoms with Crippen molar-refractivity contribution in [2.45, 2.75) is 32.7 Å². The summed E-state index contributed by atoms with van der Waals surface area (Å²) in [7, 11) is 1.61. The number of hydrogen-bond donors (Lipinski definition) is 1. The number of benzene rings is 3. The summed E-state index contributed by atoms with van der Waals surface area (Å²) in [6.07, 6.45) is 0.785. The Balaban J connectivity index is 1.77. The quantitative estimate of drug-likeness (QED) is 0.589. The Morgan fingerprint density at radius 3 is 2.22 bits per heavy atom. The molecule has 0 spiro atoms. The summed E-state index contributed by atoms with van der Waals surface area (Å²) >= 11 is 0. The van der Waals surface area contributed by atoms with E-state index in [0.717, 1.165) is 28.1 Å². The van der Waals surface area contributed by atoms with Crippen molar-refractivity contribution in [3.8, 4) is 5.75 Å². The maximum atomic E-state index is 13.5. The third kappa shape index (κ3) is 4.37. The molecule has 5 heteroatoms. The van der Waals surface area contributed by atoms with E-state index in [1.807, 2.05) is 86.6 Å². The van der Waals surface area contributed by atoms with E-state index >= 15 is 0 Å². The number of methoxy groups -OCH3 is 1. The maximum Gasteiger partial charge on any atom is 0.229 e. The largest absolute Gasteiger partial charge is 0.496 e. The Labute approximate surface area is 189 Å². The summed E-state index contributed by atoms with van der Waals surface area (Å²) in [6.45, 7) is 4.02. The molecule has 164 valence electrons. The second-order valence-corrected chi connectivity index (χ2v) is 8.29. The van der Waals surface area contributed by atoms with Crippen LogP contribution in [0, 0.1) is 19.8 Å². The van der Waals surface area contributed by atoms with Gasteiger partial charge in [-0.1, -0.05) is 53.6 Å². The lowest BCUT2D eigenvalue weighted by molar-refractivity contribution is -0.125. The molecule has 0 aliphatic carbocycles. The predicted octanol–water partition coefficient (Wildman–Crippen LogP) is 5.44. The zero-order valence-electron chi connectivity index (χ0n) is 18.7. The molecule has 3 aromatic carbocycles. The minimum absolute atomic E-state index is 0.00384. The molecule has 0 radical (unpaired) electrons. The average Bonchev–Trinajstić information content (AvgIpc) is 2.81. The molecule has 1 aliphatic rings. The highest BCUT2D eigenvalue weighted by atomic mass is 16.5. The number of hydrogen-bond acceptors (Lipinski definition) is 3. The van der Waals surface area contributed by atoms with Gasteiger partial charge in [-0.05, 0) is 50.6 Å². The van der Waals surface area contributed by atoms with E-state index in [0.29, 0.717) is 18.6 Å². The van der Waals surface area contributed by atoms with Gasteiger partial charge in [-0.25, -0.2) is 0 Å². The SMILES string of the molecule is COc1ccccc1[C@H]1[C@@H](C(=O)Nc2ccc(C)cc2)CCC(=O)N1c1ccc(C)cc1. The molecule has 1 fully saturated rings. The molecule has 32 heavy (non-hydrogen) atoms. The molecular weight excluding hydrogens is 400 g/mol. The molecule has 2 amide bonds. The topological polar surface area (TPSA) is 58.6 Å². The Morgan fingerprint density at radius 1 is 0.938 bits per heavy atom. The van der Waals surface area contributed by atoms with Crippen LogP contribution >= 0.6 is 0 Å². The highest BCUT2D eigenvalue weighted by Crippen LogP contribution is 2.43. The van der Waals surface area contributed by atoms with E-state index in [9.17, 15) is 9.59 Å². The second-order valence-electron chi connectivity index (χ2n) is 8.29. The first kappa shape index (κ1) is 21.6. The minimum atomic E-state index is -0.472. The Morgan fingerprint density at radius 2 is 1.56 bits per heavy atom. The molecule has 1 N–H and O–H groups in total. The van der Waals surface area contributed by atoms with E-state index in [2.05, 4.69) is 5.32 Å². The summed E-state index contributed by atoms with van der Waals surface area (Å²) in [5.74, 6) is 0.141. The van der Waals surface area contributed by atoms with Gasteiger partial charge in [-0.3, -0.25) is 9.59 Å². The molecule has 3 aromatic rings. The van der Waals surface area contributed by atoms with Crippen LogP contribution in [0.4, 0.5) is 11.4 Å². The Kier molecular flexibility index (Phi) is 6.26. The summed E-state index contributed by atoms with van der Waals surface area (Å²) in [6, 6.07) is 22.7. The van der Waals surface area contributed by atoms with Crippen molar-refractivity contribution in [1.82, 2.24) is 0 Å². The first-order chi connectivity index (χ1) is 15.5. The first-order valence-corrected chi connectivity index (χ1v) is 10.9. The number of nitrogens with zero attached hydrogens (tertiary/aromatic N) is 1.